The lowest BCUT2D eigenvalue weighted by atomic mass is 9.98. The zero-order valence-corrected chi connectivity index (χ0v) is 24.2. The van der Waals surface area contributed by atoms with Gasteiger partial charge >= 0.3 is 11.9 Å². The molecule has 0 bridgehead atoms. The van der Waals surface area contributed by atoms with Crippen molar-refractivity contribution in [2.24, 2.45) is 11.7 Å². The van der Waals surface area contributed by atoms with Crippen LogP contribution in [0.15, 0.2) is 36.4 Å². The molecule has 0 spiro atoms. The van der Waals surface area contributed by atoms with Crippen molar-refractivity contribution in [2.45, 2.75) is 69.0 Å². The summed E-state index contributed by atoms with van der Waals surface area (Å²) < 4.78 is 10.5. The van der Waals surface area contributed by atoms with Gasteiger partial charge in [-0.3, -0.25) is 19.2 Å². The Hall–Kier alpha value is -4.03. The Labute approximate surface area is 256 Å². The van der Waals surface area contributed by atoms with Gasteiger partial charge in [0.2, 0.25) is 5.91 Å². The van der Waals surface area contributed by atoms with Gasteiger partial charge in [-0.2, -0.15) is 0 Å². The number of ether oxygens (including phenoxy) is 2. The summed E-state index contributed by atoms with van der Waals surface area (Å²) in [7, 11) is 0. The maximum absolute atomic E-state index is 13.3. The number of aliphatic hydroxyl groups is 4. The monoisotopic (exact) mass is 635 g/mol. The highest BCUT2D eigenvalue weighted by atomic mass is 16.7. The molecule has 0 radical (unpaired) electrons. The molecule has 1 aliphatic rings. The van der Waals surface area contributed by atoms with Crippen molar-refractivity contribution in [2.75, 3.05) is 18.5 Å². The van der Waals surface area contributed by atoms with Gasteiger partial charge in [-0.1, -0.05) is 37.3 Å². The number of hydrogen-bond acceptors (Lipinski definition) is 12. The first-order chi connectivity index (χ1) is 21.2. The average Bonchev–Trinajstić information content (AvgIpc) is 3.00. The van der Waals surface area contributed by atoms with Crippen LogP contribution in [0.2, 0.25) is 0 Å². The topological polar surface area (TPSA) is 275 Å². The summed E-state index contributed by atoms with van der Waals surface area (Å²) in [5.41, 5.74) is 5.87. The lowest BCUT2D eigenvalue weighted by molar-refractivity contribution is -0.301. The maximum atomic E-state index is 13.3. The molecule has 8 atom stereocenters. The average molecular weight is 636 g/mol. The fraction of sp³-hybridized carbons (Fsp3) is 0.483. The number of aliphatic hydroxyl groups excluding tert-OH is 4. The number of nitrogens with two attached hydrogens (primary N) is 1. The summed E-state index contributed by atoms with van der Waals surface area (Å²) in [5.74, 6) is -5.79. The smallest absolute Gasteiger partial charge is 0.326 e. The number of nitrogens with one attached hydrogen (secondary N) is 2. The maximum Gasteiger partial charge on any atom is 0.326 e. The van der Waals surface area contributed by atoms with Gasteiger partial charge in [0.15, 0.2) is 12.1 Å². The van der Waals surface area contributed by atoms with E-state index in [0.29, 0.717) is 10.8 Å². The summed E-state index contributed by atoms with van der Waals surface area (Å²) in [5, 5.41) is 63.5. The van der Waals surface area contributed by atoms with Crippen molar-refractivity contribution in [1.82, 2.24) is 5.32 Å². The van der Waals surface area contributed by atoms with Crippen molar-refractivity contribution >= 4 is 46.0 Å². The number of aliphatic carboxylic acids is 2. The number of carboxylic acids is 2. The molecule has 3 rings (SSSR count). The van der Waals surface area contributed by atoms with Crippen LogP contribution in [0.5, 0.6) is 0 Å². The first kappa shape index (κ1) is 35.4. The van der Waals surface area contributed by atoms with Gasteiger partial charge in [-0.05, 0) is 23.3 Å². The van der Waals surface area contributed by atoms with Crippen molar-refractivity contribution in [3.63, 3.8) is 0 Å². The molecule has 10 N–H and O–H groups in total. The van der Waals surface area contributed by atoms with Gasteiger partial charge in [0, 0.05) is 18.8 Å². The number of Topliss-reactive ketones (excluding diaryl/α,β-unsaturated/α-hetero) is 1. The first-order valence-electron chi connectivity index (χ1n) is 14.0. The number of anilines is 1. The van der Waals surface area contributed by atoms with E-state index in [1.807, 2.05) is 0 Å². The van der Waals surface area contributed by atoms with Crippen LogP contribution in [0, 0.1) is 5.92 Å². The normalized spacial score (nSPS) is 23.5. The van der Waals surface area contributed by atoms with Crippen LogP contribution < -0.4 is 16.4 Å². The van der Waals surface area contributed by atoms with E-state index in [1.165, 1.54) is 13.0 Å². The van der Waals surface area contributed by atoms with Crippen LogP contribution in [0.25, 0.3) is 10.8 Å². The number of benzene rings is 2. The van der Waals surface area contributed by atoms with E-state index in [-0.39, 0.29) is 24.1 Å². The van der Waals surface area contributed by atoms with Gasteiger partial charge < -0.3 is 56.5 Å². The Kier molecular flexibility index (Phi) is 12.5. The highest BCUT2D eigenvalue weighted by Gasteiger charge is 2.44. The second-order valence-corrected chi connectivity index (χ2v) is 10.7. The van der Waals surface area contributed by atoms with Crippen molar-refractivity contribution in [1.29, 1.82) is 0 Å². The van der Waals surface area contributed by atoms with E-state index >= 15 is 0 Å². The third kappa shape index (κ3) is 9.01. The zero-order valence-electron chi connectivity index (χ0n) is 24.2. The standard InChI is InChI=1S/C29H37N3O13/c1-13(10-19(34)16(30)12-44-29-25(39)24(38)23(37)20(11-33)45-29)26(40)31-17-7-6-14-4-2-3-5-15(14)22(17)27(41)32-18(28(42)43)8-9-21(35)36/h2-7,13,16,18,20,23-25,29,33,37-39H,8-12,30H2,1H3,(H,31,40)(H,32,41)(H,35,36)(H,42,43)/t13-,16-,18?,20?,23-,24-,25?,29+/m0/s1. The number of carboxylic acid groups (broad SMARTS) is 2. The predicted molar refractivity (Wildman–Crippen MR) is 155 cm³/mol. The molecule has 16 nitrogen and oxygen atoms in total. The number of amides is 2. The summed E-state index contributed by atoms with van der Waals surface area (Å²) in [4.78, 5) is 61.8. The summed E-state index contributed by atoms with van der Waals surface area (Å²) in [6.45, 7) is 0.275. The van der Waals surface area contributed by atoms with E-state index in [1.54, 1.807) is 30.3 Å². The van der Waals surface area contributed by atoms with Gasteiger partial charge in [0.05, 0.1) is 30.5 Å². The predicted octanol–water partition coefficient (Wildman–Crippen LogP) is -1.43. The molecule has 1 heterocycles. The van der Waals surface area contributed by atoms with E-state index < -0.39 is 97.9 Å². The number of fused-ring (bicyclic) bond motifs is 1. The molecule has 3 unspecified atom stereocenters. The molecule has 1 saturated heterocycles. The van der Waals surface area contributed by atoms with Crippen molar-refractivity contribution in [3.05, 3.63) is 42.0 Å². The Balaban J connectivity index is 1.69. The third-order valence-electron chi connectivity index (χ3n) is 7.32. The van der Waals surface area contributed by atoms with Gasteiger partial charge in [-0.15, -0.1) is 0 Å². The first-order valence-corrected chi connectivity index (χ1v) is 14.0. The molecule has 16 heteroatoms. The van der Waals surface area contributed by atoms with Gasteiger partial charge in [0.1, 0.15) is 30.5 Å². The second kappa shape index (κ2) is 15.8. The Morgan fingerprint density at radius 2 is 1.69 bits per heavy atom. The minimum absolute atomic E-state index is 0.0214. The number of hydrogen-bond donors (Lipinski definition) is 9. The SMILES string of the molecule is C[C@@H](CC(=O)[C@@H](N)CO[C@@H]1OC(CO)[C@H](O)[C@H](O)C1O)C(=O)Nc1ccc2ccccc2c1C(=O)NC(CCC(=O)O)C(=O)O. The molecule has 2 amide bonds. The fourth-order valence-electron chi connectivity index (χ4n) is 4.67. The summed E-state index contributed by atoms with van der Waals surface area (Å²) >= 11 is 0. The molecule has 1 aliphatic heterocycles. The zero-order chi connectivity index (χ0) is 33.4. The molecule has 45 heavy (non-hydrogen) atoms. The van der Waals surface area contributed by atoms with Crippen LogP contribution in [-0.4, -0.2) is 116 Å². The molecule has 0 saturated carbocycles. The lowest BCUT2D eigenvalue weighted by Gasteiger charge is -2.39. The number of rotatable bonds is 15. The van der Waals surface area contributed by atoms with Crippen LogP contribution in [0.3, 0.4) is 0 Å². The number of ketones is 1. The number of carbonyl (C=O) groups excluding carboxylic acids is 3. The van der Waals surface area contributed by atoms with Crippen molar-refractivity contribution in [3.8, 4) is 0 Å². The van der Waals surface area contributed by atoms with E-state index in [9.17, 15) is 49.5 Å². The molecule has 2 aromatic rings. The Bertz CT molecular complexity index is 1400. The largest absolute Gasteiger partial charge is 0.481 e. The fourth-order valence-corrected chi connectivity index (χ4v) is 4.67. The van der Waals surface area contributed by atoms with Gasteiger partial charge in [-0.25, -0.2) is 4.79 Å². The molecule has 0 aliphatic carbocycles. The van der Waals surface area contributed by atoms with Crippen LogP contribution in [0.4, 0.5) is 5.69 Å². The lowest BCUT2D eigenvalue weighted by Crippen LogP contribution is -2.59. The second-order valence-electron chi connectivity index (χ2n) is 10.7. The third-order valence-corrected chi connectivity index (χ3v) is 7.32. The molecule has 2 aromatic carbocycles. The minimum atomic E-state index is -1.69. The summed E-state index contributed by atoms with van der Waals surface area (Å²) in [6, 6.07) is 6.92. The molecule has 1 fully saturated rings. The highest BCUT2D eigenvalue weighted by molar-refractivity contribution is 6.14. The Morgan fingerprint density at radius 3 is 2.33 bits per heavy atom. The van der Waals surface area contributed by atoms with Crippen LogP contribution in [-0.2, 0) is 28.7 Å². The molecule has 0 aromatic heterocycles. The van der Waals surface area contributed by atoms with E-state index in [4.69, 9.17) is 20.3 Å². The Morgan fingerprint density at radius 1 is 1.00 bits per heavy atom. The summed E-state index contributed by atoms with van der Waals surface area (Å²) in [6.07, 6.45) is -8.92. The molecular formula is C29H37N3O13. The van der Waals surface area contributed by atoms with Crippen LogP contribution >= 0.6 is 0 Å². The quantitative estimate of drug-likeness (QED) is 0.108. The van der Waals surface area contributed by atoms with Crippen LogP contribution in [0.1, 0.15) is 36.5 Å². The van der Waals surface area contributed by atoms with E-state index in [0.717, 1.165) is 0 Å². The van der Waals surface area contributed by atoms with Crippen molar-refractivity contribution < 1.29 is 64.1 Å². The number of carbonyl (C=O) groups is 5. The highest BCUT2D eigenvalue weighted by Crippen LogP contribution is 2.28. The van der Waals surface area contributed by atoms with E-state index in [2.05, 4.69) is 10.6 Å². The molecular weight excluding hydrogens is 598 g/mol. The molecule has 246 valence electrons. The minimum Gasteiger partial charge on any atom is -0.481 e. The van der Waals surface area contributed by atoms with Gasteiger partial charge in [0.25, 0.3) is 5.91 Å².